The van der Waals surface area contributed by atoms with Crippen molar-refractivity contribution in [2.24, 2.45) is 0 Å². The van der Waals surface area contributed by atoms with Gasteiger partial charge in [-0.3, -0.25) is 0 Å². The quantitative estimate of drug-likeness (QED) is 0.149. The van der Waals surface area contributed by atoms with E-state index < -0.39 is 20.8 Å². The van der Waals surface area contributed by atoms with E-state index in [2.05, 4.69) is 15.2 Å². The molecule has 0 radical (unpaired) electrons. The van der Waals surface area contributed by atoms with E-state index in [1.54, 1.807) is 0 Å². The van der Waals surface area contributed by atoms with Crippen LogP contribution in [0.1, 0.15) is 19.4 Å². The zero-order valence-electron chi connectivity index (χ0n) is 13.7. The van der Waals surface area contributed by atoms with Crippen LogP contribution < -0.4 is 103 Å². The van der Waals surface area contributed by atoms with Crippen LogP contribution in [0.5, 0.6) is 0 Å². The molecule has 0 spiro atoms. The van der Waals surface area contributed by atoms with Gasteiger partial charge in [-0.25, -0.2) is 16.8 Å². The van der Waals surface area contributed by atoms with Crippen LogP contribution in [0.2, 0.25) is 0 Å². The normalized spacial score (nSPS) is 9.50. The van der Waals surface area contributed by atoms with Crippen molar-refractivity contribution in [3.63, 3.8) is 0 Å². The van der Waals surface area contributed by atoms with E-state index in [-0.39, 0.29) is 109 Å². The number of hydrogen-bond acceptors (Lipinski definition) is 9. The summed E-state index contributed by atoms with van der Waals surface area (Å²) in [5, 5.41) is 0. The minimum atomic E-state index is -5.31. The van der Waals surface area contributed by atoms with Gasteiger partial charge in [0.1, 0.15) is 5.78 Å². The van der Waals surface area contributed by atoms with Gasteiger partial charge in [0.05, 0.1) is 0 Å². The number of hydrogen-bond donors (Lipinski definition) is 0. The van der Waals surface area contributed by atoms with E-state index in [1.165, 1.54) is 19.4 Å². The zero-order valence-corrected chi connectivity index (χ0v) is 21.5. The SMILES string of the molecule is C=Cc1ccccc1.CC(C)=O.O=S(=O)([O-])OOS(=O)(=O)[O-].[K+].[K+]. The summed E-state index contributed by atoms with van der Waals surface area (Å²) >= 11 is 0. The maximum Gasteiger partial charge on any atom is 1.00 e. The molecule has 0 aliphatic rings. The molecule has 0 fully saturated rings. The van der Waals surface area contributed by atoms with Crippen LogP contribution in [-0.2, 0) is 34.3 Å². The van der Waals surface area contributed by atoms with Gasteiger partial charge in [-0.05, 0) is 19.4 Å². The molecule has 0 aromatic heterocycles. The van der Waals surface area contributed by atoms with E-state index >= 15 is 0 Å². The van der Waals surface area contributed by atoms with Crippen LogP contribution in [0.4, 0.5) is 0 Å². The maximum absolute atomic E-state index is 9.44. The molecule has 9 nitrogen and oxygen atoms in total. The number of benzene rings is 1. The standard InChI is InChI=1S/C8H8.C3H6O.2K.H2O8S2/c1-2-8-6-4-3-5-7-8;1-3(2)4;;;1-9(2,3)7-8-10(4,5)6/h2-7H,1H2;1-2H3;;;(H,1,2,3)(H,4,5,6)/q;;2*+1;/p-2. The number of carbonyl (C=O) groups is 1. The molecular formula is C11H14K2O9S2. The first kappa shape index (κ1) is 33.2. The second-order valence-electron chi connectivity index (χ2n) is 3.48. The predicted octanol–water partition coefficient (Wildman–Crippen LogP) is -5.21. The Hall–Kier alpha value is 1.64. The van der Waals surface area contributed by atoms with Gasteiger partial charge in [-0.2, -0.15) is 0 Å². The van der Waals surface area contributed by atoms with Gasteiger partial charge in [0.25, 0.3) is 0 Å². The Morgan fingerprint density at radius 3 is 1.42 bits per heavy atom. The van der Waals surface area contributed by atoms with Crippen LogP contribution >= 0.6 is 0 Å². The molecule has 0 aliphatic carbocycles. The number of Topliss-reactive ketones (excluding diaryl/α,β-unsaturated/α-hetero) is 1. The Morgan fingerprint density at radius 2 is 1.25 bits per heavy atom. The second kappa shape index (κ2) is 18.0. The fourth-order valence-corrected chi connectivity index (χ4v) is 1.20. The molecule has 13 heteroatoms. The van der Waals surface area contributed by atoms with E-state index in [1.807, 2.05) is 36.4 Å². The molecule has 0 N–H and O–H groups in total. The molecule has 0 saturated heterocycles. The minimum Gasteiger partial charge on any atom is -0.724 e. The van der Waals surface area contributed by atoms with Crippen molar-refractivity contribution in [3.05, 3.63) is 42.5 Å². The zero-order chi connectivity index (χ0) is 17.8. The summed E-state index contributed by atoms with van der Waals surface area (Å²) in [7, 11) is -10.6. The topological polar surface area (TPSA) is 150 Å². The Bertz CT molecular complexity index is 622. The molecule has 24 heavy (non-hydrogen) atoms. The fourth-order valence-electron chi connectivity index (χ4n) is 0.657. The Labute approximate surface area is 226 Å². The first-order chi connectivity index (χ1) is 9.87. The van der Waals surface area contributed by atoms with Crippen molar-refractivity contribution >= 4 is 32.7 Å². The van der Waals surface area contributed by atoms with Crippen LogP contribution in [0.15, 0.2) is 36.9 Å². The molecule has 1 rings (SSSR count). The van der Waals surface area contributed by atoms with Crippen molar-refractivity contribution < 1.29 is 142 Å². The smallest absolute Gasteiger partial charge is 0.724 e. The Morgan fingerprint density at radius 1 is 0.958 bits per heavy atom. The number of rotatable bonds is 4. The molecule has 126 valence electrons. The van der Waals surface area contributed by atoms with Crippen molar-refractivity contribution in [1.29, 1.82) is 0 Å². The van der Waals surface area contributed by atoms with E-state index in [0.717, 1.165) is 0 Å². The third-order valence-corrected chi connectivity index (χ3v) is 1.79. The monoisotopic (exact) mass is 432 g/mol. The van der Waals surface area contributed by atoms with Gasteiger partial charge in [-0.1, -0.05) is 43.0 Å². The first-order valence-corrected chi connectivity index (χ1v) is 7.98. The molecule has 0 atom stereocenters. The van der Waals surface area contributed by atoms with Crippen molar-refractivity contribution in [2.45, 2.75) is 13.8 Å². The summed E-state index contributed by atoms with van der Waals surface area (Å²) in [6.07, 6.45) is 1.83. The van der Waals surface area contributed by atoms with Crippen LogP contribution in [0.3, 0.4) is 0 Å². The maximum atomic E-state index is 9.44. The van der Waals surface area contributed by atoms with Gasteiger partial charge in [0.2, 0.25) is 20.8 Å². The number of carbonyl (C=O) groups excluding carboxylic acids is 1. The average Bonchev–Trinajstić information content (AvgIpc) is 2.36. The molecule has 0 unspecified atom stereocenters. The number of ketones is 1. The summed E-state index contributed by atoms with van der Waals surface area (Å²) < 4.78 is 61.5. The minimum absolute atomic E-state index is 0. The van der Waals surface area contributed by atoms with Gasteiger partial charge in [0.15, 0.2) is 0 Å². The summed E-state index contributed by atoms with van der Waals surface area (Å²) in [6.45, 7) is 6.69. The summed E-state index contributed by atoms with van der Waals surface area (Å²) in [5.41, 5.74) is 1.17. The van der Waals surface area contributed by atoms with Gasteiger partial charge >= 0.3 is 103 Å². The molecular weight excluding hydrogens is 418 g/mol. The van der Waals surface area contributed by atoms with Crippen LogP contribution in [0.25, 0.3) is 6.08 Å². The molecule has 0 amide bonds. The van der Waals surface area contributed by atoms with Crippen molar-refractivity contribution in [1.82, 2.24) is 0 Å². The third-order valence-electron chi connectivity index (χ3n) is 1.23. The Balaban J connectivity index is -0.000000129. The van der Waals surface area contributed by atoms with E-state index in [4.69, 9.17) is 0 Å². The van der Waals surface area contributed by atoms with Gasteiger partial charge < -0.3 is 13.9 Å². The molecule has 0 saturated carbocycles. The van der Waals surface area contributed by atoms with E-state index in [0.29, 0.717) is 0 Å². The Kier molecular flexibility index (Phi) is 25.0. The third kappa shape index (κ3) is 34.9. The molecule has 1 aromatic rings. The van der Waals surface area contributed by atoms with Crippen molar-refractivity contribution in [2.75, 3.05) is 0 Å². The van der Waals surface area contributed by atoms with Gasteiger partial charge in [-0.15, -0.1) is 8.67 Å². The van der Waals surface area contributed by atoms with Crippen molar-refractivity contribution in [3.8, 4) is 0 Å². The van der Waals surface area contributed by atoms with Crippen LogP contribution in [-0.4, -0.2) is 31.7 Å². The second-order valence-corrected chi connectivity index (χ2v) is 5.38. The van der Waals surface area contributed by atoms with Crippen LogP contribution in [0, 0.1) is 0 Å². The summed E-state index contributed by atoms with van der Waals surface area (Å²) in [4.78, 5) is 9.44. The average molecular weight is 433 g/mol. The molecule has 0 aliphatic heterocycles. The molecule has 0 bridgehead atoms. The molecule has 1 aromatic carbocycles. The summed E-state index contributed by atoms with van der Waals surface area (Å²) in [6, 6.07) is 10.0. The molecule has 0 heterocycles. The largest absolute Gasteiger partial charge is 1.00 e. The van der Waals surface area contributed by atoms with E-state index in [9.17, 15) is 30.7 Å². The summed E-state index contributed by atoms with van der Waals surface area (Å²) in [5.74, 6) is 0.167. The fraction of sp³-hybridized carbons (Fsp3) is 0.182. The predicted molar refractivity (Wildman–Crippen MR) is 74.5 cm³/mol. The van der Waals surface area contributed by atoms with Gasteiger partial charge in [0, 0.05) is 0 Å². The first-order valence-electron chi connectivity index (χ1n) is 5.31.